The van der Waals surface area contributed by atoms with Crippen LogP contribution in [0.15, 0.2) is 48.5 Å². The molecule has 1 aromatic heterocycles. The molecule has 1 heterocycles. The highest BCUT2D eigenvalue weighted by molar-refractivity contribution is 7.18. The van der Waals surface area contributed by atoms with Crippen molar-refractivity contribution >= 4 is 33.7 Å². The molecule has 0 fully saturated rings. The number of benzene rings is 2. The first kappa shape index (κ1) is 20.3. The molecule has 3 aromatic rings. The first-order chi connectivity index (χ1) is 12.3. The van der Waals surface area contributed by atoms with E-state index in [-0.39, 0.29) is 0 Å². The van der Waals surface area contributed by atoms with E-state index in [0.717, 1.165) is 12.3 Å². The van der Waals surface area contributed by atoms with Crippen LogP contribution in [-0.4, -0.2) is 7.11 Å². The van der Waals surface area contributed by atoms with E-state index in [1.54, 1.807) is 7.11 Å². The van der Waals surface area contributed by atoms with Gasteiger partial charge >= 0.3 is 0 Å². The van der Waals surface area contributed by atoms with Crippen LogP contribution in [0.2, 0.25) is 0 Å². The van der Waals surface area contributed by atoms with E-state index in [9.17, 15) is 0 Å². The Kier molecular flexibility index (Phi) is 7.10. The maximum atomic E-state index is 8.49. The van der Waals surface area contributed by atoms with Gasteiger partial charge in [-0.05, 0) is 36.8 Å². The molecule has 0 aliphatic heterocycles. The van der Waals surface area contributed by atoms with Crippen LogP contribution in [0.25, 0.3) is 22.4 Å². The molecule has 6 nitrogen and oxygen atoms in total. The highest BCUT2D eigenvalue weighted by Crippen LogP contribution is 2.22. The molecule has 0 atom stereocenters. The first-order valence-electron chi connectivity index (χ1n) is 7.67. The lowest BCUT2D eigenvalue weighted by atomic mass is 10.2. The van der Waals surface area contributed by atoms with E-state index in [0.29, 0.717) is 0 Å². The van der Waals surface area contributed by atoms with Crippen LogP contribution >= 0.6 is 11.3 Å². The van der Waals surface area contributed by atoms with Crippen molar-refractivity contribution in [3.63, 3.8) is 0 Å². The number of hydrogen-bond donors (Lipinski definition) is 0. The Morgan fingerprint density at radius 1 is 1.00 bits per heavy atom. The van der Waals surface area contributed by atoms with Crippen molar-refractivity contribution in [2.24, 2.45) is 0 Å². The second-order valence-corrected chi connectivity index (χ2v) is 6.95. The molecule has 26 heavy (non-hydrogen) atoms. The summed E-state index contributed by atoms with van der Waals surface area (Å²) in [6.45, 7) is 3.16. The molecule has 0 aliphatic carbocycles. The molecular weight excluding hydrogens is 378 g/mol. The van der Waals surface area contributed by atoms with Gasteiger partial charge in [0.1, 0.15) is 17.0 Å². The average Bonchev–Trinajstić information content (AvgIpc) is 2.96. The second kappa shape index (κ2) is 9.09. The number of ether oxygens (including phenoxy) is 1. The van der Waals surface area contributed by atoms with Crippen LogP contribution in [0.3, 0.4) is 0 Å². The highest BCUT2D eigenvalue weighted by atomic mass is 35.7. The van der Waals surface area contributed by atoms with Gasteiger partial charge in [-0.25, -0.2) is 18.6 Å². The van der Waals surface area contributed by atoms with Gasteiger partial charge in [0.25, 0.3) is 5.01 Å². The Balaban J connectivity index is 0.000000431. The Morgan fingerprint density at radius 3 is 2.19 bits per heavy atom. The number of fused-ring (bicyclic) bond motifs is 1. The van der Waals surface area contributed by atoms with Gasteiger partial charge in [0.15, 0.2) is 0 Å². The van der Waals surface area contributed by atoms with Crippen molar-refractivity contribution in [3.05, 3.63) is 59.1 Å². The molecule has 0 bridgehead atoms. The van der Waals surface area contributed by atoms with Gasteiger partial charge < -0.3 is 4.74 Å². The summed E-state index contributed by atoms with van der Waals surface area (Å²) in [6, 6.07) is 16.7. The minimum Gasteiger partial charge on any atom is -0.497 e. The smallest absolute Gasteiger partial charge is 0.262 e. The standard InChI is InChI=1S/C18H18NOS.ClHO4/c1-3-19-16-6-4-5-7-17(16)21-18(19)13-10-14-8-11-15(20-2)12-9-14;2-1(3,4)5/h4-13H,3H2,1-2H3;(H,2,3,4,5)/q+1;/p-1/b13-10+;. The number of nitrogens with zero attached hydrogens (tertiary/aromatic N) is 1. The summed E-state index contributed by atoms with van der Waals surface area (Å²) in [4.78, 5) is 0. The molecule has 138 valence electrons. The number of methoxy groups -OCH3 is 1. The lowest BCUT2D eigenvalue weighted by Gasteiger charge is -2.17. The van der Waals surface area contributed by atoms with Crippen molar-refractivity contribution in [1.82, 2.24) is 0 Å². The summed E-state index contributed by atoms with van der Waals surface area (Å²) < 4.78 is 42.8. The number of halogens is 1. The second-order valence-electron chi connectivity index (χ2n) is 5.14. The average molecular weight is 396 g/mol. The van der Waals surface area contributed by atoms with Crippen LogP contribution < -0.4 is 27.9 Å². The molecule has 0 unspecified atom stereocenters. The maximum absolute atomic E-state index is 8.49. The zero-order chi connectivity index (χ0) is 19.2. The van der Waals surface area contributed by atoms with Crippen LogP contribution in [0.4, 0.5) is 0 Å². The molecule has 0 N–H and O–H groups in total. The van der Waals surface area contributed by atoms with Gasteiger partial charge in [-0.1, -0.05) is 35.6 Å². The van der Waals surface area contributed by atoms with Crippen molar-refractivity contribution < 1.29 is 38.2 Å². The number of aromatic nitrogens is 1. The number of thiazole rings is 1. The third kappa shape index (κ3) is 6.06. The van der Waals surface area contributed by atoms with Gasteiger partial charge in [0.05, 0.1) is 7.11 Å². The summed E-state index contributed by atoms with van der Waals surface area (Å²) in [7, 11) is -3.26. The summed E-state index contributed by atoms with van der Waals surface area (Å²) in [5.74, 6) is 0.887. The maximum Gasteiger partial charge on any atom is 0.262 e. The quantitative estimate of drug-likeness (QED) is 0.560. The SMILES string of the molecule is CC[n+]1c(/C=C/c2ccc(OC)cc2)sc2ccccc21.[O-][Cl+3]([O-])([O-])[O-]. The zero-order valence-corrected chi connectivity index (χ0v) is 15.8. The van der Waals surface area contributed by atoms with E-state index in [4.69, 9.17) is 23.4 Å². The van der Waals surface area contributed by atoms with E-state index in [1.165, 1.54) is 20.8 Å². The Labute approximate surface area is 157 Å². The minimum atomic E-state index is -4.94. The zero-order valence-electron chi connectivity index (χ0n) is 14.3. The summed E-state index contributed by atoms with van der Waals surface area (Å²) in [5.41, 5.74) is 2.48. The molecule has 2 aromatic carbocycles. The molecule has 0 saturated carbocycles. The monoisotopic (exact) mass is 395 g/mol. The number of aryl methyl sites for hydroxylation is 1. The third-order valence-electron chi connectivity index (χ3n) is 3.49. The largest absolute Gasteiger partial charge is 0.497 e. The fraction of sp³-hybridized carbons (Fsp3) is 0.167. The highest BCUT2D eigenvalue weighted by Gasteiger charge is 2.15. The van der Waals surface area contributed by atoms with Crippen molar-refractivity contribution in [2.75, 3.05) is 7.11 Å². The Morgan fingerprint density at radius 2 is 1.62 bits per heavy atom. The van der Waals surface area contributed by atoms with E-state index < -0.39 is 10.2 Å². The summed E-state index contributed by atoms with van der Waals surface area (Å²) in [5, 5.41) is 1.27. The fourth-order valence-electron chi connectivity index (χ4n) is 2.39. The number of para-hydroxylation sites is 1. The van der Waals surface area contributed by atoms with Crippen LogP contribution in [0.5, 0.6) is 5.75 Å². The van der Waals surface area contributed by atoms with Gasteiger partial charge in [-0.2, -0.15) is 4.57 Å². The van der Waals surface area contributed by atoms with E-state index in [1.807, 2.05) is 23.5 Å². The number of rotatable bonds is 4. The summed E-state index contributed by atoms with van der Waals surface area (Å²) >= 11 is 1.83. The van der Waals surface area contributed by atoms with Crippen molar-refractivity contribution in [2.45, 2.75) is 13.5 Å². The fourth-order valence-corrected chi connectivity index (χ4v) is 3.51. The molecule has 3 rings (SSSR count). The van der Waals surface area contributed by atoms with Crippen molar-refractivity contribution in [1.29, 1.82) is 0 Å². The van der Waals surface area contributed by atoms with Crippen LogP contribution in [0.1, 0.15) is 17.5 Å². The minimum absolute atomic E-state index is 0.887. The molecular formula is C18H18ClNO5S. The molecule has 0 amide bonds. The summed E-state index contributed by atoms with van der Waals surface area (Å²) in [6.07, 6.45) is 4.34. The first-order valence-corrected chi connectivity index (χ1v) is 9.72. The van der Waals surface area contributed by atoms with Gasteiger partial charge in [-0.3, -0.25) is 0 Å². The predicted octanol–water partition coefficient (Wildman–Crippen LogP) is -0.368. The molecule has 8 heteroatoms. The Bertz CT molecular complexity index is 865. The molecule has 0 aliphatic rings. The van der Waals surface area contributed by atoms with E-state index in [2.05, 4.69) is 60.0 Å². The number of hydrogen-bond acceptors (Lipinski definition) is 6. The van der Waals surface area contributed by atoms with Crippen molar-refractivity contribution in [3.8, 4) is 5.75 Å². The molecule has 0 radical (unpaired) electrons. The molecule has 0 saturated heterocycles. The Hall–Kier alpha value is -2.00. The van der Waals surface area contributed by atoms with Gasteiger partial charge in [0, 0.05) is 12.1 Å². The van der Waals surface area contributed by atoms with Crippen LogP contribution in [0, 0.1) is 10.2 Å². The third-order valence-corrected chi connectivity index (χ3v) is 4.62. The lowest BCUT2D eigenvalue weighted by molar-refractivity contribution is -2.00. The molecule has 0 spiro atoms. The van der Waals surface area contributed by atoms with Gasteiger partial charge in [0.2, 0.25) is 5.52 Å². The van der Waals surface area contributed by atoms with Gasteiger partial charge in [-0.15, -0.1) is 10.2 Å². The van der Waals surface area contributed by atoms with Crippen LogP contribution in [-0.2, 0) is 6.54 Å². The predicted molar refractivity (Wildman–Crippen MR) is 89.6 cm³/mol. The van der Waals surface area contributed by atoms with E-state index >= 15 is 0 Å². The lowest BCUT2D eigenvalue weighted by Crippen LogP contribution is -2.68. The topological polar surface area (TPSA) is 105 Å². The normalized spacial score (nSPS) is 11.5.